The summed E-state index contributed by atoms with van der Waals surface area (Å²) in [5.41, 5.74) is 0.985. The molecule has 13 heavy (non-hydrogen) atoms. The van der Waals surface area contributed by atoms with E-state index in [1.54, 1.807) is 12.1 Å². The minimum Gasteiger partial charge on any atom is -0.286 e. The molecule has 0 radical (unpaired) electrons. The number of Topliss-reactive ketones (excluding diaryl/α,β-unsaturated/α-hetero) is 1. The van der Waals surface area contributed by atoms with Crippen LogP contribution >= 0.6 is 22.6 Å². The molecule has 0 atom stereocenters. The normalized spacial score (nSPS) is 11.4. The van der Waals surface area contributed by atoms with Gasteiger partial charge in [-0.05, 0) is 6.92 Å². The lowest BCUT2D eigenvalue weighted by atomic mass is 10.1. The van der Waals surface area contributed by atoms with E-state index in [0.717, 1.165) is 28.2 Å². The van der Waals surface area contributed by atoms with E-state index in [-0.39, 0.29) is 5.56 Å². The van der Waals surface area contributed by atoms with Gasteiger partial charge in [-0.15, -0.1) is 0 Å². The number of aryl methyl sites for hydroxylation is 1. The fraction of sp³-hybridized carbons (Fsp3) is 0.222. The smallest absolute Gasteiger partial charge is 0.286 e. The van der Waals surface area contributed by atoms with E-state index in [4.69, 9.17) is 0 Å². The van der Waals surface area contributed by atoms with Crippen LogP contribution in [0.3, 0.4) is 0 Å². The SMILES string of the molecule is Cc1ccc(C(=O)C(F)(F)I)cc1. The van der Waals surface area contributed by atoms with Crippen LogP contribution in [0.4, 0.5) is 8.78 Å². The van der Waals surface area contributed by atoms with E-state index in [9.17, 15) is 13.6 Å². The van der Waals surface area contributed by atoms with Crippen molar-refractivity contribution in [1.29, 1.82) is 0 Å². The van der Waals surface area contributed by atoms with E-state index >= 15 is 0 Å². The third-order valence-corrected chi connectivity index (χ3v) is 2.06. The Bertz CT molecular complexity index is 313. The summed E-state index contributed by atoms with van der Waals surface area (Å²) in [7, 11) is 0. The van der Waals surface area contributed by atoms with Gasteiger partial charge in [0, 0.05) is 28.2 Å². The van der Waals surface area contributed by atoms with Gasteiger partial charge in [0.15, 0.2) is 0 Å². The van der Waals surface area contributed by atoms with Crippen molar-refractivity contribution in [3.05, 3.63) is 35.4 Å². The topological polar surface area (TPSA) is 17.1 Å². The minimum atomic E-state index is -3.31. The van der Waals surface area contributed by atoms with E-state index in [0.29, 0.717) is 0 Å². The summed E-state index contributed by atoms with van der Waals surface area (Å²) in [6, 6.07) is 6.08. The second-order valence-electron chi connectivity index (χ2n) is 2.69. The van der Waals surface area contributed by atoms with Gasteiger partial charge in [0.25, 0.3) is 0 Å². The predicted molar refractivity (Wildman–Crippen MR) is 54.5 cm³/mol. The van der Waals surface area contributed by atoms with Crippen molar-refractivity contribution in [3.8, 4) is 0 Å². The summed E-state index contributed by atoms with van der Waals surface area (Å²) in [6.45, 7) is 1.83. The monoisotopic (exact) mass is 296 g/mol. The Morgan fingerprint density at radius 3 is 2.15 bits per heavy atom. The van der Waals surface area contributed by atoms with Gasteiger partial charge in [-0.3, -0.25) is 4.79 Å². The summed E-state index contributed by atoms with van der Waals surface area (Å²) in [5.74, 6) is -1.15. The molecule has 0 aliphatic heterocycles. The molecular formula is C9H7F2IO. The summed E-state index contributed by atoms with van der Waals surface area (Å²) in [5, 5.41) is 0. The fourth-order valence-electron chi connectivity index (χ4n) is 0.869. The molecule has 0 amide bonds. The molecule has 1 rings (SSSR count). The second kappa shape index (κ2) is 3.69. The zero-order chi connectivity index (χ0) is 10.1. The van der Waals surface area contributed by atoms with Crippen molar-refractivity contribution >= 4 is 28.4 Å². The third kappa shape index (κ3) is 2.72. The Hall–Kier alpha value is -0.520. The predicted octanol–water partition coefficient (Wildman–Crippen LogP) is 3.21. The van der Waals surface area contributed by atoms with Crippen molar-refractivity contribution in [2.45, 2.75) is 10.9 Å². The van der Waals surface area contributed by atoms with Crippen LogP contribution in [0.25, 0.3) is 0 Å². The van der Waals surface area contributed by atoms with Crippen molar-refractivity contribution in [2.24, 2.45) is 0 Å². The Kier molecular flexibility index (Phi) is 3.00. The number of alkyl halides is 3. The van der Waals surface area contributed by atoms with Crippen LogP contribution in [-0.2, 0) is 0 Å². The van der Waals surface area contributed by atoms with Crippen LogP contribution in [-0.4, -0.2) is 9.71 Å². The van der Waals surface area contributed by atoms with Gasteiger partial charge < -0.3 is 0 Å². The van der Waals surface area contributed by atoms with Crippen LogP contribution in [0.2, 0.25) is 0 Å². The molecule has 0 bridgehead atoms. The molecule has 0 saturated carbocycles. The van der Waals surface area contributed by atoms with Crippen LogP contribution in [0.5, 0.6) is 0 Å². The molecule has 1 aromatic carbocycles. The Labute approximate surface area is 88.3 Å². The molecule has 1 aromatic rings. The first kappa shape index (κ1) is 10.6. The lowest BCUT2D eigenvalue weighted by Gasteiger charge is -2.06. The molecule has 0 aliphatic carbocycles. The zero-order valence-electron chi connectivity index (χ0n) is 6.85. The molecule has 0 spiro atoms. The zero-order valence-corrected chi connectivity index (χ0v) is 9.01. The van der Waals surface area contributed by atoms with Crippen molar-refractivity contribution in [1.82, 2.24) is 0 Å². The van der Waals surface area contributed by atoms with E-state index in [1.165, 1.54) is 12.1 Å². The number of carbonyl (C=O) groups is 1. The number of rotatable bonds is 2. The highest BCUT2D eigenvalue weighted by Crippen LogP contribution is 2.27. The third-order valence-electron chi connectivity index (χ3n) is 1.57. The molecule has 0 aromatic heterocycles. The van der Waals surface area contributed by atoms with Gasteiger partial charge in [-0.1, -0.05) is 29.8 Å². The van der Waals surface area contributed by atoms with Gasteiger partial charge in [-0.25, -0.2) is 0 Å². The van der Waals surface area contributed by atoms with Gasteiger partial charge >= 0.3 is 3.93 Å². The van der Waals surface area contributed by atoms with Gasteiger partial charge in [0.2, 0.25) is 5.78 Å². The van der Waals surface area contributed by atoms with Crippen LogP contribution < -0.4 is 0 Å². The molecule has 0 unspecified atom stereocenters. The van der Waals surface area contributed by atoms with Crippen molar-refractivity contribution in [2.75, 3.05) is 0 Å². The van der Waals surface area contributed by atoms with Crippen LogP contribution in [0.15, 0.2) is 24.3 Å². The summed E-state index contributed by atoms with van der Waals surface area (Å²) in [4.78, 5) is 11.0. The molecule has 0 aliphatic rings. The largest absolute Gasteiger partial charge is 0.357 e. The average molecular weight is 296 g/mol. The highest BCUT2D eigenvalue weighted by atomic mass is 127. The van der Waals surface area contributed by atoms with Gasteiger partial charge in [-0.2, -0.15) is 8.78 Å². The standard InChI is InChI=1S/C9H7F2IO/c1-6-2-4-7(5-3-6)8(13)9(10,11)12/h2-5H,1H3. The highest BCUT2D eigenvalue weighted by molar-refractivity contribution is 14.1. The van der Waals surface area contributed by atoms with Gasteiger partial charge in [0.05, 0.1) is 0 Å². The number of halogens is 3. The number of hydrogen-bond acceptors (Lipinski definition) is 1. The molecule has 0 N–H and O–H groups in total. The van der Waals surface area contributed by atoms with E-state index in [2.05, 4.69) is 0 Å². The lowest BCUT2D eigenvalue weighted by molar-refractivity contribution is 0.0627. The maximum absolute atomic E-state index is 12.5. The molecule has 0 fully saturated rings. The number of benzene rings is 1. The Morgan fingerprint density at radius 2 is 1.77 bits per heavy atom. The molecule has 70 valence electrons. The van der Waals surface area contributed by atoms with Crippen molar-refractivity contribution in [3.63, 3.8) is 0 Å². The van der Waals surface area contributed by atoms with Gasteiger partial charge in [0.1, 0.15) is 0 Å². The molecule has 0 saturated heterocycles. The summed E-state index contributed by atoms with van der Waals surface area (Å²) < 4.78 is 21.8. The first-order chi connectivity index (χ1) is 5.91. The molecule has 4 heteroatoms. The van der Waals surface area contributed by atoms with E-state index < -0.39 is 9.71 Å². The Morgan fingerprint density at radius 1 is 1.31 bits per heavy atom. The number of hydrogen-bond donors (Lipinski definition) is 0. The summed E-state index contributed by atoms with van der Waals surface area (Å²) >= 11 is 0.832. The summed E-state index contributed by atoms with van der Waals surface area (Å²) in [6.07, 6.45) is 0. The number of ketones is 1. The lowest BCUT2D eigenvalue weighted by Crippen LogP contribution is -2.20. The van der Waals surface area contributed by atoms with Crippen LogP contribution in [0, 0.1) is 6.92 Å². The maximum atomic E-state index is 12.5. The number of carbonyl (C=O) groups excluding carboxylic acids is 1. The second-order valence-corrected chi connectivity index (χ2v) is 4.05. The quantitative estimate of drug-likeness (QED) is 0.465. The highest BCUT2D eigenvalue weighted by Gasteiger charge is 2.35. The molecule has 0 heterocycles. The Balaban J connectivity index is 2.97. The molecular weight excluding hydrogens is 289 g/mol. The van der Waals surface area contributed by atoms with Crippen LogP contribution in [0.1, 0.15) is 15.9 Å². The maximum Gasteiger partial charge on any atom is 0.357 e. The first-order valence-electron chi connectivity index (χ1n) is 3.59. The minimum absolute atomic E-state index is 0.0463. The first-order valence-corrected chi connectivity index (χ1v) is 4.67. The average Bonchev–Trinajstić information content (AvgIpc) is 2.03. The van der Waals surface area contributed by atoms with Crippen molar-refractivity contribution < 1.29 is 13.6 Å². The van der Waals surface area contributed by atoms with E-state index in [1.807, 2.05) is 6.92 Å². The fourth-order valence-corrected chi connectivity index (χ4v) is 1.18. The molecule has 1 nitrogen and oxygen atoms in total.